The van der Waals surface area contributed by atoms with Gasteiger partial charge in [-0.15, -0.1) is 0 Å². The molecule has 0 aliphatic heterocycles. The van der Waals surface area contributed by atoms with Gasteiger partial charge in [-0.1, -0.05) is 13.3 Å². The van der Waals surface area contributed by atoms with Crippen LogP contribution in [-0.4, -0.2) is 42.8 Å². The van der Waals surface area contributed by atoms with E-state index in [4.69, 9.17) is 14.2 Å². The molecule has 0 saturated carbocycles. The first-order valence-electron chi connectivity index (χ1n) is 9.81. The molecule has 0 aromatic heterocycles. The van der Waals surface area contributed by atoms with E-state index >= 15 is 0 Å². The van der Waals surface area contributed by atoms with E-state index in [0.29, 0.717) is 24.7 Å². The molecule has 0 aliphatic rings. The van der Waals surface area contributed by atoms with Crippen LogP contribution in [0.15, 0.2) is 18.2 Å². The highest BCUT2D eigenvalue weighted by Crippen LogP contribution is 2.29. The van der Waals surface area contributed by atoms with Crippen molar-refractivity contribution in [2.24, 2.45) is 0 Å². The SMILES string of the molecule is CCCCOc1ccc(C(=O)OC(C)C(=O)NC(=O)NC(C)(C)C)cc1OCC. The number of ether oxygens (including phenoxy) is 3. The third kappa shape index (κ3) is 8.85. The van der Waals surface area contributed by atoms with Gasteiger partial charge < -0.3 is 19.5 Å². The summed E-state index contributed by atoms with van der Waals surface area (Å²) < 4.78 is 16.4. The molecule has 0 saturated heterocycles. The summed E-state index contributed by atoms with van der Waals surface area (Å²) in [6, 6.07) is 4.05. The van der Waals surface area contributed by atoms with E-state index in [9.17, 15) is 14.4 Å². The summed E-state index contributed by atoms with van der Waals surface area (Å²) in [7, 11) is 0. The van der Waals surface area contributed by atoms with Crippen molar-refractivity contribution in [3.8, 4) is 11.5 Å². The van der Waals surface area contributed by atoms with Crippen LogP contribution in [0.2, 0.25) is 0 Å². The van der Waals surface area contributed by atoms with Gasteiger partial charge in [-0.2, -0.15) is 0 Å². The molecule has 8 nitrogen and oxygen atoms in total. The minimum absolute atomic E-state index is 0.218. The molecule has 1 aromatic rings. The third-order valence-electron chi connectivity index (χ3n) is 3.61. The van der Waals surface area contributed by atoms with Crippen LogP contribution in [0.1, 0.15) is 64.7 Å². The van der Waals surface area contributed by atoms with Crippen molar-refractivity contribution < 1.29 is 28.6 Å². The molecule has 162 valence electrons. The molecule has 0 bridgehead atoms. The summed E-state index contributed by atoms with van der Waals surface area (Å²) in [5.41, 5.74) is -0.281. The minimum atomic E-state index is -1.15. The number of hydrogen-bond donors (Lipinski definition) is 2. The number of nitrogens with one attached hydrogen (secondary N) is 2. The number of urea groups is 1. The molecule has 0 fully saturated rings. The Labute approximate surface area is 172 Å². The lowest BCUT2D eigenvalue weighted by atomic mass is 10.1. The Kier molecular flexibility index (Phi) is 9.44. The Morgan fingerprint density at radius 2 is 1.76 bits per heavy atom. The number of hydrogen-bond acceptors (Lipinski definition) is 6. The van der Waals surface area contributed by atoms with Crippen molar-refractivity contribution in [1.82, 2.24) is 10.6 Å². The monoisotopic (exact) mass is 408 g/mol. The fourth-order valence-corrected chi connectivity index (χ4v) is 2.22. The second-order valence-electron chi connectivity index (χ2n) is 7.54. The Morgan fingerprint density at radius 1 is 1.07 bits per heavy atom. The fraction of sp³-hybridized carbons (Fsp3) is 0.571. The molecule has 0 heterocycles. The summed E-state index contributed by atoms with van der Waals surface area (Å²) in [4.78, 5) is 36.3. The normalized spacial score (nSPS) is 11.9. The summed E-state index contributed by atoms with van der Waals surface area (Å²) in [5, 5.41) is 4.75. The standard InChI is InChI=1S/C21H32N2O6/c1-7-9-12-28-16-11-10-15(13-17(16)27-8-2)19(25)29-14(3)18(24)22-20(26)23-21(4,5)6/h10-11,13-14H,7-9,12H2,1-6H3,(H2,22,23,24,26). The topological polar surface area (TPSA) is 103 Å². The first-order chi connectivity index (χ1) is 13.6. The number of unbranched alkanes of at least 4 members (excludes halogenated alkanes) is 1. The van der Waals surface area contributed by atoms with Gasteiger partial charge in [0.05, 0.1) is 18.8 Å². The molecule has 1 aromatic carbocycles. The summed E-state index contributed by atoms with van der Waals surface area (Å²) in [5.74, 6) is -0.448. The zero-order chi connectivity index (χ0) is 22.0. The molecule has 0 radical (unpaired) electrons. The second kappa shape index (κ2) is 11.3. The molecule has 1 unspecified atom stereocenters. The zero-order valence-electron chi connectivity index (χ0n) is 18.1. The predicted molar refractivity (Wildman–Crippen MR) is 109 cm³/mol. The zero-order valence-corrected chi connectivity index (χ0v) is 18.1. The molecule has 0 aliphatic carbocycles. The highest BCUT2D eigenvalue weighted by Gasteiger charge is 2.23. The fourth-order valence-electron chi connectivity index (χ4n) is 2.22. The second-order valence-corrected chi connectivity index (χ2v) is 7.54. The van der Waals surface area contributed by atoms with E-state index in [1.165, 1.54) is 13.0 Å². The lowest BCUT2D eigenvalue weighted by Gasteiger charge is -2.21. The van der Waals surface area contributed by atoms with Crippen LogP contribution in [-0.2, 0) is 9.53 Å². The molecule has 3 amide bonds. The van der Waals surface area contributed by atoms with E-state index < -0.39 is 29.6 Å². The maximum atomic E-state index is 12.4. The van der Waals surface area contributed by atoms with Gasteiger partial charge in [-0.25, -0.2) is 9.59 Å². The highest BCUT2D eigenvalue weighted by molar-refractivity contribution is 5.98. The average Bonchev–Trinajstić information content (AvgIpc) is 2.61. The van der Waals surface area contributed by atoms with E-state index in [1.54, 1.807) is 32.9 Å². The average molecular weight is 408 g/mol. The number of esters is 1. The molecular weight excluding hydrogens is 376 g/mol. The van der Waals surface area contributed by atoms with Crippen LogP contribution in [0.4, 0.5) is 4.79 Å². The molecule has 0 spiro atoms. The Balaban J connectivity index is 2.75. The number of amides is 3. The van der Waals surface area contributed by atoms with Crippen molar-refractivity contribution in [1.29, 1.82) is 0 Å². The van der Waals surface area contributed by atoms with Crippen molar-refractivity contribution in [3.63, 3.8) is 0 Å². The molecule has 8 heteroatoms. The first kappa shape index (κ1) is 24.3. The van der Waals surface area contributed by atoms with Crippen molar-refractivity contribution in [2.45, 2.75) is 66.0 Å². The van der Waals surface area contributed by atoms with E-state index in [-0.39, 0.29) is 5.56 Å². The predicted octanol–water partition coefficient (Wildman–Crippen LogP) is 3.43. The summed E-state index contributed by atoms with van der Waals surface area (Å²) in [6.45, 7) is 11.6. The number of carbonyl (C=O) groups is 3. The van der Waals surface area contributed by atoms with Gasteiger partial charge in [0.2, 0.25) is 0 Å². The molecule has 29 heavy (non-hydrogen) atoms. The van der Waals surface area contributed by atoms with E-state index in [1.807, 2.05) is 6.92 Å². The first-order valence-corrected chi connectivity index (χ1v) is 9.81. The molecular formula is C21H32N2O6. The maximum absolute atomic E-state index is 12.4. The number of carbonyl (C=O) groups excluding carboxylic acids is 3. The smallest absolute Gasteiger partial charge is 0.339 e. The van der Waals surface area contributed by atoms with Gasteiger partial charge in [0.1, 0.15) is 0 Å². The van der Waals surface area contributed by atoms with Gasteiger partial charge in [0, 0.05) is 5.54 Å². The van der Waals surface area contributed by atoms with Crippen LogP contribution >= 0.6 is 0 Å². The van der Waals surface area contributed by atoms with Gasteiger partial charge in [0.25, 0.3) is 5.91 Å². The number of benzene rings is 1. The summed E-state index contributed by atoms with van der Waals surface area (Å²) >= 11 is 0. The Bertz CT molecular complexity index is 712. The van der Waals surface area contributed by atoms with Gasteiger partial charge in [-0.05, 0) is 59.2 Å². The van der Waals surface area contributed by atoms with Crippen LogP contribution in [0.3, 0.4) is 0 Å². The summed E-state index contributed by atoms with van der Waals surface area (Å²) in [6.07, 6.45) is 0.761. The molecule has 1 rings (SSSR count). The number of rotatable bonds is 9. The van der Waals surface area contributed by atoms with Crippen LogP contribution < -0.4 is 20.1 Å². The van der Waals surface area contributed by atoms with Crippen molar-refractivity contribution >= 4 is 17.9 Å². The van der Waals surface area contributed by atoms with E-state index in [0.717, 1.165) is 12.8 Å². The Hall–Kier alpha value is -2.77. The molecule has 2 N–H and O–H groups in total. The van der Waals surface area contributed by atoms with Crippen LogP contribution in [0.5, 0.6) is 11.5 Å². The number of imide groups is 1. The van der Waals surface area contributed by atoms with Crippen LogP contribution in [0.25, 0.3) is 0 Å². The lowest BCUT2D eigenvalue weighted by Crippen LogP contribution is -2.50. The van der Waals surface area contributed by atoms with Crippen molar-refractivity contribution in [3.05, 3.63) is 23.8 Å². The maximum Gasteiger partial charge on any atom is 0.339 e. The van der Waals surface area contributed by atoms with Crippen molar-refractivity contribution in [2.75, 3.05) is 13.2 Å². The van der Waals surface area contributed by atoms with Gasteiger partial charge >= 0.3 is 12.0 Å². The van der Waals surface area contributed by atoms with Crippen LogP contribution in [0, 0.1) is 0 Å². The quantitative estimate of drug-likeness (QED) is 0.479. The highest BCUT2D eigenvalue weighted by atomic mass is 16.5. The minimum Gasteiger partial charge on any atom is -0.490 e. The largest absolute Gasteiger partial charge is 0.490 e. The Morgan fingerprint density at radius 3 is 2.34 bits per heavy atom. The third-order valence-corrected chi connectivity index (χ3v) is 3.61. The van der Waals surface area contributed by atoms with E-state index in [2.05, 4.69) is 17.6 Å². The van der Waals surface area contributed by atoms with Gasteiger partial charge in [0.15, 0.2) is 17.6 Å². The lowest BCUT2D eigenvalue weighted by molar-refractivity contribution is -0.127. The van der Waals surface area contributed by atoms with Gasteiger partial charge in [-0.3, -0.25) is 10.1 Å². The molecule has 1 atom stereocenters.